The van der Waals surface area contributed by atoms with Crippen molar-refractivity contribution in [2.45, 2.75) is 19.4 Å². The normalized spacial score (nSPS) is 13.6. The number of hydrogen-bond acceptors (Lipinski definition) is 2. The van der Waals surface area contributed by atoms with E-state index in [4.69, 9.17) is 11.6 Å². The average Bonchev–Trinajstić information content (AvgIpc) is 2.85. The van der Waals surface area contributed by atoms with Gasteiger partial charge >= 0.3 is 0 Å². The van der Waals surface area contributed by atoms with Gasteiger partial charge in [-0.3, -0.25) is 0 Å². The van der Waals surface area contributed by atoms with Gasteiger partial charge in [-0.05, 0) is 42.6 Å². The molecule has 0 aliphatic heterocycles. The first-order valence-corrected chi connectivity index (χ1v) is 6.99. The SMILES string of the molecule is CC(Cc1cccs1)/[N+]([O-])=C/c1ccc(Cl)cc1. The third-order valence-corrected chi connectivity index (χ3v) is 3.81. The number of halogens is 1. The molecule has 0 aliphatic rings. The van der Waals surface area contributed by atoms with Crippen LogP contribution < -0.4 is 0 Å². The molecule has 0 saturated carbocycles. The Morgan fingerprint density at radius 2 is 2.06 bits per heavy atom. The molecule has 4 heteroatoms. The van der Waals surface area contributed by atoms with Crippen LogP contribution in [0.3, 0.4) is 0 Å². The third-order valence-electron chi connectivity index (χ3n) is 2.66. The zero-order valence-electron chi connectivity index (χ0n) is 10.0. The quantitative estimate of drug-likeness (QED) is 0.360. The molecule has 0 N–H and O–H groups in total. The summed E-state index contributed by atoms with van der Waals surface area (Å²) < 4.78 is 1.00. The number of hydroxylamine groups is 1. The lowest BCUT2D eigenvalue weighted by Gasteiger charge is -2.11. The fourth-order valence-electron chi connectivity index (χ4n) is 1.63. The molecule has 1 unspecified atom stereocenters. The van der Waals surface area contributed by atoms with Gasteiger partial charge in [-0.15, -0.1) is 11.3 Å². The van der Waals surface area contributed by atoms with Gasteiger partial charge in [0.05, 0.1) is 0 Å². The van der Waals surface area contributed by atoms with Crippen molar-refractivity contribution >= 4 is 29.2 Å². The first-order valence-electron chi connectivity index (χ1n) is 5.73. The third kappa shape index (κ3) is 3.59. The summed E-state index contributed by atoms with van der Waals surface area (Å²) in [5, 5.41) is 14.7. The molecule has 0 saturated heterocycles. The van der Waals surface area contributed by atoms with Gasteiger partial charge in [0.15, 0.2) is 12.3 Å². The molecule has 2 nitrogen and oxygen atoms in total. The highest BCUT2D eigenvalue weighted by Crippen LogP contribution is 2.13. The summed E-state index contributed by atoms with van der Waals surface area (Å²) in [5.41, 5.74) is 0.868. The number of hydrogen-bond donors (Lipinski definition) is 0. The Hall–Kier alpha value is -1.32. The molecular weight excluding hydrogens is 266 g/mol. The molecule has 0 bridgehead atoms. The summed E-state index contributed by atoms with van der Waals surface area (Å²) in [7, 11) is 0. The van der Waals surface area contributed by atoms with Crippen LogP contribution in [0.5, 0.6) is 0 Å². The molecule has 94 valence electrons. The molecule has 1 aromatic carbocycles. The topological polar surface area (TPSA) is 26.1 Å². The van der Waals surface area contributed by atoms with Crippen molar-refractivity contribution in [2.24, 2.45) is 0 Å². The van der Waals surface area contributed by atoms with E-state index in [0.717, 1.165) is 16.7 Å². The monoisotopic (exact) mass is 279 g/mol. The molecule has 1 heterocycles. The number of nitrogens with zero attached hydrogens (tertiary/aromatic N) is 1. The second-order valence-corrected chi connectivity index (χ2v) is 5.64. The Kier molecular flexibility index (Phi) is 4.39. The van der Waals surface area contributed by atoms with Crippen LogP contribution >= 0.6 is 22.9 Å². The van der Waals surface area contributed by atoms with E-state index in [1.54, 1.807) is 29.7 Å². The van der Waals surface area contributed by atoms with Crippen LogP contribution in [0.4, 0.5) is 0 Å². The van der Waals surface area contributed by atoms with E-state index in [-0.39, 0.29) is 6.04 Å². The molecule has 1 aromatic heterocycles. The van der Waals surface area contributed by atoms with Crippen LogP contribution in [-0.2, 0) is 6.42 Å². The van der Waals surface area contributed by atoms with Gasteiger partial charge in [0.25, 0.3) is 0 Å². The van der Waals surface area contributed by atoms with Crippen LogP contribution in [0.1, 0.15) is 17.4 Å². The van der Waals surface area contributed by atoms with E-state index < -0.39 is 0 Å². The Balaban J connectivity index is 2.05. The summed E-state index contributed by atoms with van der Waals surface area (Å²) in [6.45, 7) is 1.93. The summed E-state index contributed by atoms with van der Waals surface area (Å²) in [6.07, 6.45) is 2.37. The smallest absolute Gasteiger partial charge is 0.182 e. The van der Waals surface area contributed by atoms with Gasteiger partial charge in [0, 0.05) is 21.9 Å². The van der Waals surface area contributed by atoms with E-state index in [1.165, 1.54) is 4.88 Å². The van der Waals surface area contributed by atoms with Crippen molar-refractivity contribution < 1.29 is 4.74 Å². The summed E-state index contributed by atoms with van der Waals surface area (Å²) >= 11 is 7.48. The Bertz CT molecular complexity index is 519. The van der Waals surface area contributed by atoms with E-state index in [2.05, 4.69) is 6.07 Å². The van der Waals surface area contributed by atoms with E-state index in [9.17, 15) is 5.21 Å². The predicted molar refractivity (Wildman–Crippen MR) is 77.7 cm³/mol. The first kappa shape index (κ1) is 13.1. The minimum Gasteiger partial charge on any atom is -0.624 e. The van der Waals surface area contributed by atoms with Crippen molar-refractivity contribution in [2.75, 3.05) is 0 Å². The number of thiophene rings is 1. The predicted octanol–water partition coefficient (Wildman–Crippen LogP) is 3.96. The van der Waals surface area contributed by atoms with Gasteiger partial charge in [-0.1, -0.05) is 17.7 Å². The highest BCUT2D eigenvalue weighted by molar-refractivity contribution is 7.09. The van der Waals surface area contributed by atoms with Crippen molar-refractivity contribution in [3.63, 3.8) is 0 Å². The fourth-order valence-corrected chi connectivity index (χ4v) is 2.59. The van der Waals surface area contributed by atoms with Gasteiger partial charge in [-0.2, -0.15) is 0 Å². The van der Waals surface area contributed by atoms with Crippen LogP contribution in [-0.4, -0.2) is 17.0 Å². The molecule has 0 spiro atoms. The van der Waals surface area contributed by atoms with Crippen LogP contribution in [0.25, 0.3) is 0 Å². The van der Waals surface area contributed by atoms with E-state index >= 15 is 0 Å². The maximum Gasteiger partial charge on any atom is 0.182 e. The molecule has 0 aliphatic carbocycles. The zero-order chi connectivity index (χ0) is 13.0. The Labute approximate surface area is 116 Å². The molecule has 0 radical (unpaired) electrons. The second kappa shape index (κ2) is 6.03. The summed E-state index contributed by atoms with van der Waals surface area (Å²) in [5.74, 6) is 0. The minimum atomic E-state index is -0.0701. The largest absolute Gasteiger partial charge is 0.624 e. The summed E-state index contributed by atoms with van der Waals surface area (Å²) in [4.78, 5) is 1.23. The zero-order valence-corrected chi connectivity index (χ0v) is 11.6. The van der Waals surface area contributed by atoms with E-state index in [0.29, 0.717) is 5.02 Å². The highest BCUT2D eigenvalue weighted by Gasteiger charge is 2.10. The lowest BCUT2D eigenvalue weighted by atomic mass is 10.2. The highest BCUT2D eigenvalue weighted by atomic mass is 35.5. The average molecular weight is 280 g/mol. The molecule has 0 amide bonds. The van der Waals surface area contributed by atoms with Gasteiger partial charge in [-0.25, -0.2) is 4.74 Å². The first-order chi connectivity index (χ1) is 8.65. The molecule has 0 fully saturated rings. The maximum absolute atomic E-state index is 12.0. The Morgan fingerprint density at radius 1 is 1.33 bits per heavy atom. The van der Waals surface area contributed by atoms with Gasteiger partial charge < -0.3 is 5.21 Å². The molecule has 1 atom stereocenters. The minimum absolute atomic E-state index is 0.0701. The fraction of sp³-hybridized carbons (Fsp3) is 0.214. The van der Waals surface area contributed by atoms with Gasteiger partial charge in [0.1, 0.15) is 0 Å². The molecule has 18 heavy (non-hydrogen) atoms. The standard InChI is InChI=1S/C14H14ClNOS/c1-11(9-14-3-2-8-18-14)16(17)10-12-4-6-13(15)7-5-12/h2-8,10-11H,9H2,1H3/b16-10-. The van der Waals surface area contributed by atoms with Crippen LogP contribution in [0.15, 0.2) is 41.8 Å². The van der Waals surface area contributed by atoms with E-state index in [1.807, 2.05) is 30.5 Å². The molecule has 2 rings (SSSR count). The van der Waals surface area contributed by atoms with Crippen LogP contribution in [0, 0.1) is 5.21 Å². The lowest BCUT2D eigenvalue weighted by molar-refractivity contribution is -0.491. The van der Waals surface area contributed by atoms with Crippen LogP contribution in [0.2, 0.25) is 5.02 Å². The maximum atomic E-state index is 12.0. The molecular formula is C14H14ClNOS. The van der Waals surface area contributed by atoms with Crippen molar-refractivity contribution in [3.8, 4) is 0 Å². The van der Waals surface area contributed by atoms with Gasteiger partial charge in [0.2, 0.25) is 0 Å². The molecule has 2 aromatic rings. The lowest BCUT2D eigenvalue weighted by Crippen LogP contribution is -2.21. The summed E-state index contributed by atoms with van der Waals surface area (Å²) in [6, 6.07) is 11.2. The Morgan fingerprint density at radius 3 is 2.67 bits per heavy atom. The van der Waals surface area contributed by atoms with Crippen molar-refractivity contribution in [1.82, 2.24) is 0 Å². The van der Waals surface area contributed by atoms with Crippen molar-refractivity contribution in [1.29, 1.82) is 0 Å². The number of benzene rings is 1. The van der Waals surface area contributed by atoms with Crippen molar-refractivity contribution in [3.05, 3.63) is 62.4 Å². The second-order valence-electron chi connectivity index (χ2n) is 4.17. The number of rotatable bonds is 4.